The summed E-state index contributed by atoms with van der Waals surface area (Å²) in [6, 6.07) is 0. The number of ether oxygens (including phenoxy) is 2. The summed E-state index contributed by atoms with van der Waals surface area (Å²) in [5.41, 5.74) is 0. The van der Waals surface area contributed by atoms with Crippen molar-refractivity contribution >= 4 is 0 Å². The predicted molar refractivity (Wildman–Crippen MR) is 51.7 cm³/mol. The van der Waals surface area contributed by atoms with Crippen molar-refractivity contribution in [1.82, 2.24) is 0 Å². The topological polar surface area (TPSA) is 18.5 Å². The molecule has 0 unspecified atom stereocenters. The largest absolute Gasteiger partial charge is 0.409 e. The summed E-state index contributed by atoms with van der Waals surface area (Å²) in [5, 5.41) is 0. The van der Waals surface area contributed by atoms with Crippen molar-refractivity contribution < 1.29 is 22.6 Å². The van der Waals surface area contributed by atoms with E-state index in [0.717, 1.165) is 12.5 Å². The fourth-order valence-electron chi connectivity index (χ4n) is 0.835. The average Bonchev–Trinajstić information content (AvgIpc) is 2.14. The number of rotatable bonds is 8. The van der Waals surface area contributed by atoms with Gasteiger partial charge in [-0.25, -0.2) is 0 Å². The van der Waals surface area contributed by atoms with Gasteiger partial charge in [-0.3, -0.25) is 0 Å². The molecular formula is C10H17F3O2. The Labute approximate surface area is 88.1 Å². The van der Waals surface area contributed by atoms with Crippen LogP contribution in [0.4, 0.5) is 13.2 Å². The van der Waals surface area contributed by atoms with E-state index in [1.165, 1.54) is 0 Å². The lowest BCUT2D eigenvalue weighted by Crippen LogP contribution is -2.05. The van der Waals surface area contributed by atoms with Crippen LogP contribution in [-0.4, -0.2) is 32.6 Å². The molecule has 0 aromatic heterocycles. The molecule has 0 aliphatic carbocycles. The summed E-state index contributed by atoms with van der Waals surface area (Å²) in [6.07, 6.45) is -1.71. The van der Waals surface area contributed by atoms with E-state index in [1.807, 2.05) is 6.92 Å². The van der Waals surface area contributed by atoms with Crippen LogP contribution < -0.4 is 0 Å². The molecule has 0 aromatic carbocycles. The van der Waals surface area contributed by atoms with Gasteiger partial charge in [0.05, 0.1) is 19.8 Å². The van der Waals surface area contributed by atoms with Crippen LogP contribution >= 0.6 is 0 Å². The van der Waals surface area contributed by atoms with Crippen LogP contribution in [0, 0.1) is 0 Å². The Hall–Kier alpha value is -0.550. The third-order valence-electron chi connectivity index (χ3n) is 1.46. The molecule has 5 heteroatoms. The zero-order valence-electron chi connectivity index (χ0n) is 8.85. The second-order valence-corrected chi connectivity index (χ2v) is 2.96. The first-order valence-electron chi connectivity index (χ1n) is 4.96. The fourth-order valence-corrected chi connectivity index (χ4v) is 0.835. The molecule has 0 aromatic rings. The molecule has 0 spiro atoms. The Morgan fingerprint density at radius 2 is 1.60 bits per heavy atom. The lowest BCUT2D eigenvalue weighted by molar-refractivity contribution is -0.0801. The van der Waals surface area contributed by atoms with Crippen LogP contribution in [0.2, 0.25) is 0 Å². The molecular weight excluding hydrogens is 209 g/mol. The highest BCUT2D eigenvalue weighted by Crippen LogP contribution is 2.15. The minimum atomic E-state index is -4.22. The third kappa shape index (κ3) is 13.4. The second-order valence-electron chi connectivity index (χ2n) is 2.96. The highest BCUT2D eigenvalue weighted by molar-refractivity contribution is 4.88. The Bertz CT molecular complexity index is 167. The van der Waals surface area contributed by atoms with Crippen LogP contribution in [0.3, 0.4) is 0 Å². The minimum absolute atomic E-state index is 0.226. The van der Waals surface area contributed by atoms with E-state index in [9.17, 15) is 13.2 Å². The molecule has 0 radical (unpaired) electrons. The smallest absolute Gasteiger partial charge is 0.379 e. The lowest BCUT2D eigenvalue weighted by Gasteiger charge is -2.03. The Morgan fingerprint density at radius 1 is 1.00 bits per heavy atom. The van der Waals surface area contributed by atoms with Crippen LogP contribution in [0.15, 0.2) is 12.2 Å². The molecule has 0 atom stereocenters. The first kappa shape index (κ1) is 14.5. The lowest BCUT2D eigenvalue weighted by atomic mass is 10.4. The number of allylic oxidation sites excluding steroid dienone is 1. The number of hydrogen-bond donors (Lipinski definition) is 0. The second kappa shape index (κ2) is 8.73. The highest BCUT2D eigenvalue weighted by atomic mass is 19.4. The Morgan fingerprint density at radius 3 is 2.13 bits per heavy atom. The molecule has 0 rings (SSSR count). The van der Waals surface area contributed by atoms with Crippen molar-refractivity contribution in [2.24, 2.45) is 0 Å². The SMILES string of the molecule is CCCOCCOCCC=CC(F)(F)F. The van der Waals surface area contributed by atoms with Gasteiger partial charge in [-0.1, -0.05) is 13.0 Å². The summed E-state index contributed by atoms with van der Waals surface area (Å²) >= 11 is 0. The van der Waals surface area contributed by atoms with E-state index in [4.69, 9.17) is 9.47 Å². The van der Waals surface area contributed by atoms with Gasteiger partial charge in [-0.15, -0.1) is 0 Å². The maximum atomic E-state index is 11.6. The third-order valence-corrected chi connectivity index (χ3v) is 1.46. The zero-order valence-corrected chi connectivity index (χ0v) is 8.85. The van der Waals surface area contributed by atoms with Crippen LogP contribution in [0.1, 0.15) is 19.8 Å². The predicted octanol–water partition coefficient (Wildman–Crippen LogP) is 2.94. The summed E-state index contributed by atoms with van der Waals surface area (Å²) in [6.45, 7) is 3.92. The van der Waals surface area contributed by atoms with Crippen molar-refractivity contribution in [1.29, 1.82) is 0 Å². The van der Waals surface area contributed by atoms with Crippen LogP contribution in [0.5, 0.6) is 0 Å². The molecule has 0 amide bonds. The number of alkyl halides is 3. The Kier molecular flexibility index (Phi) is 8.41. The normalized spacial score (nSPS) is 12.5. The quantitative estimate of drug-likeness (QED) is 0.468. The monoisotopic (exact) mass is 226 g/mol. The summed E-state index contributed by atoms with van der Waals surface area (Å²) in [4.78, 5) is 0. The van der Waals surface area contributed by atoms with Gasteiger partial charge < -0.3 is 9.47 Å². The van der Waals surface area contributed by atoms with Gasteiger partial charge in [0, 0.05) is 12.7 Å². The molecule has 0 aliphatic heterocycles. The first-order chi connectivity index (χ1) is 7.06. The van der Waals surface area contributed by atoms with E-state index >= 15 is 0 Å². The van der Waals surface area contributed by atoms with Gasteiger partial charge in [0.2, 0.25) is 0 Å². The van der Waals surface area contributed by atoms with E-state index in [0.29, 0.717) is 26.4 Å². The van der Waals surface area contributed by atoms with Gasteiger partial charge in [0.1, 0.15) is 0 Å². The summed E-state index contributed by atoms with van der Waals surface area (Å²) in [5.74, 6) is 0. The van der Waals surface area contributed by atoms with Crippen LogP contribution in [0.25, 0.3) is 0 Å². The highest BCUT2D eigenvalue weighted by Gasteiger charge is 2.21. The molecule has 0 saturated carbocycles. The molecule has 0 N–H and O–H groups in total. The van der Waals surface area contributed by atoms with Crippen molar-refractivity contribution in [3.63, 3.8) is 0 Å². The number of halogens is 3. The maximum Gasteiger partial charge on any atom is 0.409 e. The van der Waals surface area contributed by atoms with Crippen LogP contribution in [-0.2, 0) is 9.47 Å². The van der Waals surface area contributed by atoms with E-state index in [1.54, 1.807) is 0 Å². The van der Waals surface area contributed by atoms with Crippen molar-refractivity contribution in [3.05, 3.63) is 12.2 Å². The maximum absolute atomic E-state index is 11.6. The van der Waals surface area contributed by atoms with Gasteiger partial charge >= 0.3 is 6.18 Å². The molecule has 15 heavy (non-hydrogen) atoms. The van der Waals surface area contributed by atoms with Gasteiger partial charge in [0.15, 0.2) is 0 Å². The zero-order chi connectivity index (χ0) is 11.6. The van der Waals surface area contributed by atoms with E-state index in [2.05, 4.69) is 0 Å². The summed E-state index contributed by atoms with van der Waals surface area (Å²) in [7, 11) is 0. The summed E-state index contributed by atoms with van der Waals surface area (Å²) < 4.78 is 45.0. The minimum Gasteiger partial charge on any atom is -0.379 e. The molecule has 2 nitrogen and oxygen atoms in total. The molecule has 0 saturated heterocycles. The van der Waals surface area contributed by atoms with E-state index < -0.39 is 6.18 Å². The number of hydrogen-bond acceptors (Lipinski definition) is 2. The van der Waals surface area contributed by atoms with E-state index in [-0.39, 0.29) is 12.5 Å². The van der Waals surface area contributed by atoms with Gasteiger partial charge in [-0.2, -0.15) is 13.2 Å². The standard InChI is InChI=1S/C10H17F3O2/c1-2-6-14-8-9-15-7-4-3-5-10(11,12)13/h3,5H,2,4,6-9H2,1H3. The first-order valence-corrected chi connectivity index (χ1v) is 4.96. The average molecular weight is 226 g/mol. The molecule has 0 heterocycles. The molecule has 0 fully saturated rings. The van der Waals surface area contributed by atoms with Crippen molar-refractivity contribution in [3.8, 4) is 0 Å². The molecule has 90 valence electrons. The Balaban J connectivity index is 3.15. The van der Waals surface area contributed by atoms with Crippen molar-refractivity contribution in [2.45, 2.75) is 25.9 Å². The molecule has 0 bridgehead atoms. The van der Waals surface area contributed by atoms with Gasteiger partial charge in [-0.05, 0) is 12.8 Å². The van der Waals surface area contributed by atoms with Crippen molar-refractivity contribution in [2.75, 3.05) is 26.4 Å². The molecule has 0 aliphatic rings. The van der Waals surface area contributed by atoms with Gasteiger partial charge in [0.25, 0.3) is 0 Å². The fraction of sp³-hybridized carbons (Fsp3) is 0.800.